The van der Waals surface area contributed by atoms with Crippen molar-refractivity contribution in [3.8, 4) is 0 Å². The normalized spacial score (nSPS) is 13.3. The lowest BCUT2D eigenvalue weighted by molar-refractivity contribution is -0.209. The van der Waals surface area contributed by atoms with Gasteiger partial charge in [-0.3, -0.25) is 0 Å². The Morgan fingerprint density at radius 3 is 2.00 bits per heavy atom. The highest BCUT2D eigenvalue weighted by Crippen LogP contribution is 2.36. The fraction of sp³-hybridized carbons (Fsp3) is 0.917. The van der Waals surface area contributed by atoms with Gasteiger partial charge in [-0.05, 0) is 34.6 Å². The molecule has 0 saturated heterocycles. The van der Waals surface area contributed by atoms with E-state index in [4.69, 9.17) is 4.74 Å². The van der Waals surface area contributed by atoms with Crippen LogP contribution in [0.1, 0.15) is 34.6 Å². The minimum atomic E-state index is -4.25. The summed E-state index contributed by atoms with van der Waals surface area (Å²) in [6.45, 7) is 7.71. The Hall–Kier alpha value is -0.980. The molecule has 0 radical (unpaired) electrons. The van der Waals surface area contributed by atoms with Crippen molar-refractivity contribution in [1.29, 1.82) is 0 Å². The van der Waals surface area contributed by atoms with Crippen LogP contribution in [-0.4, -0.2) is 37.5 Å². The maximum atomic E-state index is 12.5. The maximum Gasteiger partial charge on any atom is 0.407 e. The van der Waals surface area contributed by atoms with Gasteiger partial charge in [-0.25, -0.2) is 4.79 Å². The van der Waals surface area contributed by atoms with Crippen LogP contribution in [0, 0.1) is 5.41 Å². The first-order valence-corrected chi connectivity index (χ1v) is 6.09. The number of hydrogen-bond donors (Lipinski definition) is 2. The fourth-order valence-corrected chi connectivity index (χ4v) is 1.07. The molecule has 0 aromatic carbocycles. The van der Waals surface area contributed by atoms with E-state index >= 15 is 0 Å². The molecule has 0 aliphatic carbocycles. The molecule has 0 spiro atoms. The van der Waals surface area contributed by atoms with Crippen LogP contribution in [-0.2, 0) is 4.74 Å². The molecule has 0 unspecified atom stereocenters. The van der Waals surface area contributed by atoms with Crippen LogP contribution in [0.15, 0.2) is 0 Å². The number of rotatable bonds is 5. The Morgan fingerprint density at radius 1 is 1.05 bits per heavy atom. The summed E-state index contributed by atoms with van der Waals surface area (Å²) in [6.07, 6.45) is -4.83. The van der Waals surface area contributed by atoms with Gasteiger partial charge in [0.1, 0.15) is 5.60 Å². The number of alkyl carbamates (subject to hydrolysis) is 1. The quantitative estimate of drug-likeness (QED) is 0.763. The largest absolute Gasteiger partial charge is 0.444 e. The van der Waals surface area contributed by atoms with Crippen LogP contribution in [0.2, 0.25) is 0 Å². The third-order valence-corrected chi connectivity index (χ3v) is 2.30. The lowest BCUT2D eigenvalue weighted by Crippen LogP contribution is -2.43. The Bertz CT molecular complexity index is 296. The highest BCUT2D eigenvalue weighted by atomic mass is 19.4. The van der Waals surface area contributed by atoms with Crippen molar-refractivity contribution in [2.75, 3.05) is 19.6 Å². The SMILES string of the molecule is CC(C)(C)OC(=O)NCCNCC(C)(C)C(F)(F)F. The maximum absolute atomic E-state index is 12.5. The van der Waals surface area contributed by atoms with Gasteiger partial charge in [0.05, 0.1) is 5.41 Å². The summed E-state index contributed by atoms with van der Waals surface area (Å²) in [5.41, 5.74) is -2.38. The molecule has 2 N–H and O–H groups in total. The zero-order valence-electron chi connectivity index (χ0n) is 12.1. The molecule has 0 atom stereocenters. The Balaban J connectivity index is 3.81. The Labute approximate surface area is 112 Å². The smallest absolute Gasteiger partial charge is 0.407 e. The summed E-state index contributed by atoms with van der Waals surface area (Å²) < 4.78 is 42.6. The fourth-order valence-electron chi connectivity index (χ4n) is 1.07. The number of amides is 1. The van der Waals surface area contributed by atoms with Crippen LogP contribution in [0.5, 0.6) is 0 Å². The van der Waals surface area contributed by atoms with Crippen LogP contribution >= 0.6 is 0 Å². The summed E-state index contributed by atoms with van der Waals surface area (Å²) in [5, 5.41) is 5.12. The second kappa shape index (κ2) is 6.45. The number of hydrogen-bond acceptors (Lipinski definition) is 3. The molecule has 0 aliphatic heterocycles. The Kier molecular flexibility index (Phi) is 6.12. The molecule has 1 amide bonds. The predicted octanol–water partition coefficient (Wildman–Crippen LogP) is 2.69. The van der Waals surface area contributed by atoms with E-state index in [-0.39, 0.29) is 19.6 Å². The van der Waals surface area contributed by atoms with Gasteiger partial charge >= 0.3 is 12.3 Å². The molecule has 114 valence electrons. The summed E-state index contributed by atoms with van der Waals surface area (Å²) in [5.74, 6) is 0. The average Bonchev–Trinajstić information content (AvgIpc) is 2.11. The van der Waals surface area contributed by atoms with Crippen molar-refractivity contribution in [1.82, 2.24) is 10.6 Å². The average molecular weight is 284 g/mol. The molecular weight excluding hydrogens is 261 g/mol. The van der Waals surface area contributed by atoms with Gasteiger partial charge in [0.2, 0.25) is 0 Å². The van der Waals surface area contributed by atoms with Crippen LogP contribution < -0.4 is 10.6 Å². The molecule has 0 fully saturated rings. The topological polar surface area (TPSA) is 50.4 Å². The first-order chi connectivity index (χ1) is 8.35. The van der Waals surface area contributed by atoms with Crippen molar-refractivity contribution < 1.29 is 22.7 Å². The summed E-state index contributed by atoms with van der Waals surface area (Å²) >= 11 is 0. The number of nitrogens with one attached hydrogen (secondary N) is 2. The first kappa shape index (κ1) is 18.0. The number of alkyl halides is 3. The monoisotopic (exact) mass is 284 g/mol. The standard InChI is InChI=1S/C12H23F3N2O2/c1-10(2,3)19-9(18)17-7-6-16-8-11(4,5)12(13,14)15/h16H,6-8H2,1-5H3,(H,17,18). The molecule has 0 aliphatic rings. The molecule has 19 heavy (non-hydrogen) atoms. The van der Waals surface area contributed by atoms with E-state index in [1.54, 1.807) is 20.8 Å². The second-order valence-electron chi connectivity index (χ2n) is 5.99. The van der Waals surface area contributed by atoms with E-state index in [1.807, 2.05) is 0 Å². The minimum absolute atomic E-state index is 0.202. The predicted molar refractivity (Wildman–Crippen MR) is 66.9 cm³/mol. The van der Waals surface area contributed by atoms with Crippen molar-refractivity contribution >= 4 is 6.09 Å². The van der Waals surface area contributed by atoms with Gasteiger partial charge in [0.25, 0.3) is 0 Å². The second-order valence-corrected chi connectivity index (χ2v) is 5.99. The molecule has 0 heterocycles. The highest BCUT2D eigenvalue weighted by molar-refractivity contribution is 5.67. The van der Waals surface area contributed by atoms with E-state index in [0.29, 0.717) is 0 Å². The van der Waals surface area contributed by atoms with Gasteiger partial charge in [0.15, 0.2) is 0 Å². The summed E-state index contributed by atoms with van der Waals surface area (Å²) in [4.78, 5) is 11.2. The van der Waals surface area contributed by atoms with Crippen LogP contribution in [0.25, 0.3) is 0 Å². The Morgan fingerprint density at radius 2 is 1.58 bits per heavy atom. The number of carbonyl (C=O) groups excluding carboxylic acids is 1. The summed E-state index contributed by atoms with van der Waals surface area (Å²) in [7, 11) is 0. The van der Waals surface area contributed by atoms with Crippen molar-refractivity contribution in [2.24, 2.45) is 5.41 Å². The summed E-state index contributed by atoms with van der Waals surface area (Å²) in [6, 6.07) is 0. The van der Waals surface area contributed by atoms with Gasteiger partial charge in [-0.2, -0.15) is 13.2 Å². The van der Waals surface area contributed by atoms with Gasteiger partial charge in [-0.15, -0.1) is 0 Å². The van der Waals surface area contributed by atoms with E-state index < -0.39 is 23.3 Å². The van der Waals surface area contributed by atoms with E-state index in [2.05, 4.69) is 10.6 Å². The van der Waals surface area contributed by atoms with Crippen molar-refractivity contribution in [3.05, 3.63) is 0 Å². The van der Waals surface area contributed by atoms with Gasteiger partial charge < -0.3 is 15.4 Å². The molecule has 7 heteroatoms. The zero-order valence-corrected chi connectivity index (χ0v) is 12.1. The molecule has 4 nitrogen and oxygen atoms in total. The minimum Gasteiger partial charge on any atom is -0.444 e. The lowest BCUT2D eigenvalue weighted by atomic mass is 9.93. The number of carbonyl (C=O) groups is 1. The van der Waals surface area contributed by atoms with E-state index in [0.717, 1.165) is 13.8 Å². The zero-order chi connectivity index (χ0) is 15.3. The number of halogens is 3. The van der Waals surface area contributed by atoms with E-state index in [9.17, 15) is 18.0 Å². The lowest BCUT2D eigenvalue weighted by Gasteiger charge is -2.28. The molecule has 0 aromatic heterocycles. The van der Waals surface area contributed by atoms with Crippen molar-refractivity contribution in [2.45, 2.75) is 46.4 Å². The van der Waals surface area contributed by atoms with E-state index in [1.165, 1.54) is 0 Å². The van der Waals surface area contributed by atoms with Crippen molar-refractivity contribution in [3.63, 3.8) is 0 Å². The molecular formula is C12H23F3N2O2. The highest BCUT2D eigenvalue weighted by Gasteiger charge is 2.46. The van der Waals surface area contributed by atoms with Crippen LogP contribution in [0.4, 0.5) is 18.0 Å². The van der Waals surface area contributed by atoms with Crippen LogP contribution in [0.3, 0.4) is 0 Å². The third kappa shape index (κ3) is 7.92. The van der Waals surface area contributed by atoms with Gasteiger partial charge in [0, 0.05) is 19.6 Å². The molecule has 0 rings (SSSR count). The van der Waals surface area contributed by atoms with Gasteiger partial charge in [-0.1, -0.05) is 0 Å². The molecule has 0 aromatic rings. The molecule has 0 saturated carbocycles. The number of ether oxygens (including phenoxy) is 1. The molecule has 0 bridgehead atoms. The first-order valence-electron chi connectivity index (χ1n) is 6.09. The third-order valence-electron chi connectivity index (χ3n) is 2.30.